The molecule has 0 unspecified atom stereocenters. The van der Waals surface area contributed by atoms with Gasteiger partial charge >= 0.3 is 5.97 Å². The highest BCUT2D eigenvalue weighted by atomic mass is 32.2. The first-order valence-corrected chi connectivity index (χ1v) is 9.42. The van der Waals surface area contributed by atoms with Crippen LogP contribution < -0.4 is 15.6 Å². The third-order valence-electron chi connectivity index (χ3n) is 2.91. The van der Waals surface area contributed by atoms with E-state index in [1.54, 1.807) is 23.6 Å². The number of nitrogens with one attached hydrogen (secondary N) is 3. The quantitative estimate of drug-likeness (QED) is 0.412. The molecule has 128 valence electrons. The van der Waals surface area contributed by atoms with Gasteiger partial charge in [0.25, 0.3) is 10.0 Å². The van der Waals surface area contributed by atoms with Gasteiger partial charge in [-0.05, 0) is 42.7 Å². The van der Waals surface area contributed by atoms with E-state index in [2.05, 4.69) is 20.3 Å². The van der Waals surface area contributed by atoms with E-state index in [1.165, 1.54) is 30.6 Å². The number of sulfonamides is 1. The van der Waals surface area contributed by atoms with Crippen LogP contribution in [-0.4, -0.2) is 26.6 Å². The zero-order chi connectivity index (χ0) is 17.7. The fourth-order valence-corrected chi connectivity index (χ4v) is 3.54. The van der Waals surface area contributed by atoms with Gasteiger partial charge < -0.3 is 10.1 Å². The summed E-state index contributed by atoms with van der Waals surface area (Å²) >= 11 is 6.21. The first kappa shape index (κ1) is 18.3. The fourth-order valence-electron chi connectivity index (χ4n) is 1.70. The smallest absolute Gasteiger partial charge is 0.350 e. The van der Waals surface area contributed by atoms with Crippen molar-refractivity contribution in [3.05, 3.63) is 46.2 Å². The zero-order valence-electron chi connectivity index (χ0n) is 12.8. The molecule has 1 aromatic heterocycles. The van der Waals surface area contributed by atoms with Crippen LogP contribution in [0.1, 0.15) is 15.2 Å². The molecule has 0 spiro atoms. The third kappa shape index (κ3) is 4.51. The largest absolute Gasteiger partial charge is 0.465 e. The van der Waals surface area contributed by atoms with Gasteiger partial charge in [-0.2, -0.15) is 0 Å². The molecule has 0 fully saturated rings. The van der Waals surface area contributed by atoms with Crippen molar-refractivity contribution in [1.82, 2.24) is 10.3 Å². The van der Waals surface area contributed by atoms with Crippen LogP contribution in [0.2, 0.25) is 0 Å². The summed E-state index contributed by atoms with van der Waals surface area (Å²) in [4.78, 5) is 14.2. The van der Waals surface area contributed by atoms with Crippen molar-refractivity contribution >= 4 is 50.3 Å². The Hall–Kier alpha value is -2.01. The molecule has 0 bridgehead atoms. The van der Waals surface area contributed by atoms with Crippen LogP contribution in [0.3, 0.4) is 0 Å². The van der Waals surface area contributed by atoms with Gasteiger partial charge in [-0.15, -0.1) is 16.2 Å². The highest BCUT2D eigenvalue weighted by molar-refractivity contribution is 7.89. The van der Waals surface area contributed by atoms with Gasteiger partial charge in [0.05, 0.1) is 17.7 Å². The van der Waals surface area contributed by atoms with Crippen molar-refractivity contribution in [2.75, 3.05) is 12.4 Å². The highest BCUT2D eigenvalue weighted by Gasteiger charge is 2.16. The zero-order valence-corrected chi connectivity index (χ0v) is 15.3. The molecule has 0 aliphatic carbocycles. The number of methoxy groups -OCH3 is 1. The molecule has 0 saturated carbocycles. The summed E-state index contributed by atoms with van der Waals surface area (Å²) in [5.74, 6) is -0.504. The van der Waals surface area contributed by atoms with E-state index in [0.717, 1.165) is 5.56 Å². The summed E-state index contributed by atoms with van der Waals surface area (Å²) in [6, 6.07) is 8.01. The molecule has 0 saturated heterocycles. The Morgan fingerprint density at radius 3 is 2.50 bits per heavy atom. The Morgan fingerprint density at radius 2 is 1.88 bits per heavy atom. The molecule has 2 rings (SSSR count). The standard InChI is InChI=1S/C14H15N3O4S3/c1-9-3-5-10(6-4-9)24(19,20)17-16-14(22)15-11-7-8-23-12(11)13(18)21-2/h3-8,17H,1-2H3,(H2,15,16,22). The van der Waals surface area contributed by atoms with Gasteiger partial charge in [-0.3, -0.25) is 5.43 Å². The predicted octanol–water partition coefficient (Wildman–Crippen LogP) is 2.02. The number of hydrazine groups is 1. The van der Waals surface area contributed by atoms with Crippen LogP contribution in [0.25, 0.3) is 0 Å². The number of anilines is 1. The normalized spacial score (nSPS) is 10.9. The maximum absolute atomic E-state index is 12.1. The average Bonchev–Trinajstić information content (AvgIpc) is 3.01. The van der Waals surface area contributed by atoms with Crippen molar-refractivity contribution in [3.8, 4) is 0 Å². The highest BCUT2D eigenvalue weighted by Crippen LogP contribution is 2.22. The molecule has 7 nitrogen and oxygen atoms in total. The van der Waals surface area contributed by atoms with E-state index in [0.29, 0.717) is 10.6 Å². The summed E-state index contributed by atoms with van der Waals surface area (Å²) in [5.41, 5.74) is 3.77. The topological polar surface area (TPSA) is 96.5 Å². The lowest BCUT2D eigenvalue weighted by atomic mass is 10.2. The third-order valence-corrected chi connectivity index (χ3v) is 5.28. The van der Waals surface area contributed by atoms with E-state index >= 15 is 0 Å². The SMILES string of the molecule is COC(=O)c1sccc1NC(=S)NNS(=O)(=O)c1ccc(C)cc1. The van der Waals surface area contributed by atoms with Gasteiger partial charge in [0, 0.05) is 0 Å². The van der Waals surface area contributed by atoms with Crippen LogP contribution in [0.15, 0.2) is 40.6 Å². The van der Waals surface area contributed by atoms with E-state index in [9.17, 15) is 13.2 Å². The first-order valence-electron chi connectivity index (χ1n) is 6.65. The summed E-state index contributed by atoms with van der Waals surface area (Å²) in [6.45, 7) is 1.86. The molecule has 0 amide bonds. The maximum atomic E-state index is 12.1. The van der Waals surface area contributed by atoms with Crippen LogP contribution in [0, 0.1) is 6.92 Å². The minimum absolute atomic E-state index is 0.00533. The number of carbonyl (C=O) groups is 1. The summed E-state index contributed by atoms with van der Waals surface area (Å²) in [7, 11) is -2.48. The molecule has 2 aromatic rings. The van der Waals surface area contributed by atoms with E-state index in [-0.39, 0.29) is 10.0 Å². The second kappa shape index (κ2) is 7.71. The molecule has 0 aliphatic rings. The Bertz CT molecular complexity index is 844. The van der Waals surface area contributed by atoms with Crippen LogP contribution in [0.5, 0.6) is 0 Å². The molecule has 0 radical (unpaired) electrons. The minimum atomic E-state index is -3.76. The molecule has 1 heterocycles. The number of aryl methyl sites for hydroxylation is 1. The molecule has 24 heavy (non-hydrogen) atoms. The molecular formula is C14H15N3O4S3. The number of esters is 1. The van der Waals surface area contributed by atoms with Gasteiger partial charge in [0.1, 0.15) is 4.88 Å². The number of hydrogen-bond acceptors (Lipinski definition) is 6. The average molecular weight is 385 g/mol. The first-order chi connectivity index (χ1) is 11.3. The van der Waals surface area contributed by atoms with Crippen molar-refractivity contribution in [1.29, 1.82) is 0 Å². The number of thiocarbonyl (C=S) groups is 1. The summed E-state index contributed by atoms with van der Waals surface area (Å²) in [5, 5.41) is 4.42. The molecule has 0 atom stereocenters. The van der Waals surface area contributed by atoms with Gasteiger partial charge in [-0.25, -0.2) is 13.2 Å². The monoisotopic (exact) mass is 385 g/mol. The molecule has 10 heteroatoms. The maximum Gasteiger partial charge on any atom is 0.350 e. The second-order valence-corrected chi connectivity index (χ2v) is 7.66. The van der Waals surface area contributed by atoms with E-state index in [1.807, 2.05) is 6.92 Å². The summed E-state index contributed by atoms with van der Waals surface area (Å²) in [6.07, 6.45) is 0. The number of rotatable bonds is 5. The van der Waals surface area contributed by atoms with Crippen molar-refractivity contribution < 1.29 is 17.9 Å². The van der Waals surface area contributed by atoms with E-state index in [4.69, 9.17) is 12.2 Å². The van der Waals surface area contributed by atoms with Crippen LogP contribution in [-0.2, 0) is 14.8 Å². The van der Waals surface area contributed by atoms with Crippen LogP contribution in [0.4, 0.5) is 5.69 Å². The number of hydrogen-bond donors (Lipinski definition) is 3. The van der Waals surface area contributed by atoms with Gasteiger partial charge in [-0.1, -0.05) is 17.7 Å². The van der Waals surface area contributed by atoms with Crippen molar-refractivity contribution in [2.45, 2.75) is 11.8 Å². The predicted molar refractivity (Wildman–Crippen MR) is 96.5 cm³/mol. The molecule has 3 N–H and O–H groups in total. The van der Waals surface area contributed by atoms with Crippen molar-refractivity contribution in [2.24, 2.45) is 0 Å². The Balaban J connectivity index is 1.99. The van der Waals surface area contributed by atoms with Crippen LogP contribution >= 0.6 is 23.6 Å². The fraction of sp³-hybridized carbons (Fsp3) is 0.143. The Morgan fingerprint density at radius 1 is 1.21 bits per heavy atom. The lowest BCUT2D eigenvalue weighted by Crippen LogP contribution is -2.43. The summed E-state index contributed by atoms with van der Waals surface area (Å²) < 4.78 is 28.9. The van der Waals surface area contributed by atoms with Crippen molar-refractivity contribution in [3.63, 3.8) is 0 Å². The molecular weight excluding hydrogens is 370 g/mol. The number of ether oxygens (including phenoxy) is 1. The second-order valence-electron chi connectivity index (χ2n) is 4.65. The lowest BCUT2D eigenvalue weighted by Gasteiger charge is -2.12. The van der Waals surface area contributed by atoms with Gasteiger partial charge in [0.2, 0.25) is 0 Å². The Kier molecular flexibility index (Phi) is 5.89. The molecule has 1 aromatic carbocycles. The lowest BCUT2D eigenvalue weighted by molar-refractivity contribution is 0.0607. The van der Waals surface area contributed by atoms with E-state index < -0.39 is 16.0 Å². The number of benzene rings is 1. The Labute approximate surface area is 149 Å². The number of thiophene rings is 1. The molecule has 0 aliphatic heterocycles. The van der Waals surface area contributed by atoms with Gasteiger partial charge in [0.15, 0.2) is 5.11 Å². The number of carbonyl (C=O) groups excluding carboxylic acids is 1. The minimum Gasteiger partial charge on any atom is -0.465 e.